The van der Waals surface area contributed by atoms with Gasteiger partial charge in [0.1, 0.15) is 0 Å². The number of methoxy groups -OCH3 is 1. The SMILES string of the molecule is COc1cccc(N2CCN(CCC3CCC(N)CC3)CC2)c1F. The van der Waals surface area contributed by atoms with Crippen molar-refractivity contribution in [2.45, 2.75) is 38.1 Å². The van der Waals surface area contributed by atoms with Gasteiger partial charge in [0.15, 0.2) is 11.6 Å². The van der Waals surface area contributed by atoms with E-state index in [4.69, 9.17) is 10.5 Å². The number of nitrogens with two attached hydrogens (primary N) is 1. The van der Waals surface area contributed by atoms with E-state index in [1.807, 2.05) is 12.1 Å². The lowest BCUT2D eigenvalue weighted by Gasteiger charge is -2.37. The van der Waals surface area contributed by atoms with Crippen molar-refractivity contribution in [2.75, 3.05) is 44.7 Å². The molecule has 0 amide bonds. The molecule has 0 bridgehead atoms. The van der Waals surface area contributed by atoms with Crippen LogP contribution in [-0.2, 0) is 0 Å². The van der Waals surface area contributed by atoms with Crippen LogP contribution in [0.1, 0.15) is 32.1 Å². The number of nitrogens with zero attached hydrogens (tertiary/aromatic N) is 2. The summed E-state index contributed by atoms with van der Waals surface area (Å²) in [4.78, 5) is 4.65. The third-order valence-electron chi connectivity index (χ3n) is 5.62. The summed E-state index contributed by atoms with van der Waals surface area (Å²) in [5.74, 6) is 0.927. The van der Waals surface area contributed by atoms with Crippen molar-refractivity contribution in [1.82, 2.24) is 4.90 Å². The maximum atomic E-state index is 14.4. The van der Waals surface area contributed by atoms with Crippen molar-refractivity contribution in [3.8, 4) is 5.75 Å². The van der Waals surface area contributed by atoms with Gasteiger partial charge in [-0.05, 0) is 56.7 Å². The van der Waals surface area contributed by atoms with Crippen molar-refractivity contribution in [2.24, 2.45) is 11.7 Å². The highest BCUT2D eigenvalue weighted by Gasteiger charge is 2.23. The highest BCUT2D eigenvalue weighted by atomic mass is 19.1. The summed E-state index contributed by atoms with van der Waals surface area (Å²) in [5.41, 5.74) is 6.65. The van der Waals surface area contributed by atoms with Crippen LogP contribution in [0, 0.1) is 11.7 Å². The first kappa shape index (κ1) is 17.5. The maximum absolute atomic E-state index is 14.4. The van der Waals surface area contributed by atoms with Crippen LogP contribution in [0.3, 0.4) is 0 Å². The first-order chi connectivity index (χ1) is 11.7. The van der Waals surface area contributed by atoms with Crippen molar-refractivity contribution in [1.29, 1.82) is 0 Å². The number of ether oxygens (including phenoxy) is 1. The van der Waals surface area contributed by atoms with Crippen LogP contribution in [0.25, 0.3) is 0 Å². The molecule has 0 aromatic heterocycles. The van der Waals surface area contributed by atoms with Gasteiger partial charge in [0.25, 0.3) is 0 Å². The van der Waals surface area contributed by atoms with E-state index in [1.165, 1.54) is 39.2 Å². The Balaban J connectivity index is 1.46. The van der Waals surface area contributed by atoms with E-state index in [9.17, 15) is 4.39 Å². The zero-order chi connectivity index (χ0) is 16.9. The lowest BCUT2D eigenvalue weighted by Crippen LogP contribution is -2.47. The lowest BCUT2D eigenvalue weighted by molar-refractivity contribution is 0.216. The molecule has 1 aliphatic heterocycles. The van der Waals surface area contributed by atoms with Crippen LogP contribution >= 0.6 is 0 Å². The third kappa shape index (κ3) is 4.19. The van der Waals surface area contributed by atoms with Crippen LogP contribution < -0.4 is 15.4 Å². The zero-order valence-corrected chi connectivity index (χ0v) is 14.7. The second-order valence-corrected chi connectivity index (χ2v) is 7.19. The van der Waals surface area contributed by atoms with Crippen LogP contribution in [0.2, 0.25) is 0 Å². The molecule has 1 saturated carbocycles. The van der Waals surface area contributed by atoms with E-state index in [0.717, 1.165) is 38.6 Å². The number of anilines is 1. The minimum Gasteiger partial charge on any atom is -0.494 e. The summed E-state index contributed by atoms with van der Waals surface area (Å²) in [6.45, 7) is 4.92. The van der Waals surface area contributed by atoms with E-state index >= 15 is 0 Å². The van der Waals surface area contributed by atoms with Crippen LogP contribution in [0.4, 0.5) is 10.1 Å². The molecule has 24 heavy (non-hydrogen) atoms. The molecule has 2 fully saturated rings. The highest BCUT2D eigenvalue weighted by Crippen LogP contribution is 2.29. The van der Waals surface area contributed by atoms with Crippen molar-refractivity contribution in [3.05, 3.63) is 24.0 Å². The summed E-state index contributed by atoms with van der Waals surface area (Å²) in [7, 11) is 1.51. The highest BCUT2D eigenvalue weighted by molar-refractivity contribution is 5.53. The quantitative estimate of drug-likeness (QED) is 0.898. The Morgan fingerprint density at radius 3 is 2.50 bits per heavy atom. The molecule has 5 heteroatoms. The zero-order valence-electron chi connectivity index (χ0n) is 14.7. The Hall–Kier alpha value is -1.33. The minimum absolute atomic E-state index is 0.244. The molecule has 3 rings (SSSR count). The molecule has 4 nitrogen and oxygen atoms in total. The molecule has 1 aliphatic carbocycles. The number of halogens is 1. The predicted molar refractivity (Wildman–Crippen MR) is 96.2 cm³/mol. The smallest absolute Gasteiger partial charge is 0.188 e. The summed E-state index contributed by atoms with van der Waals surface area (Å²) < 4.78 is 19.5. The number of rotatable bonds is 5. The predicted octanol–water partition coefficient (Wildman–Crippen LogP) is 2.86. The largest absolute Gasteiger partial charge is 0.494 e. The summed E-state index contributed by atoms with van der Waals surface area (Å²) in [6.07, 6.45) is 6.23. The summed E-state index contributed by atoms with van der Waals surface area (Å²) in [6, 6.07) is 5.81. The topological polar surface area (TPSA) is 41.7 Å². The number of piperazine rings is 1. The van der Waals surface area contributed by atoms with Gasteiger partial charge in [-0.15, -0.1) is 0 Å². The monoisotopic (exact) mass is 335 g/mol. The third-order valence-corrected chi connectivity index (χ3v) is 5.62. The van der Waals surface area contributed by atoms with Crippen molar-refractivity contribution >= 4 is 5.69 Å². The first-order valence-electron chi connectivity index (χ1n) is 9.22. The van der Waals surface area contributed by atoms with Gasteiger partial charge < -0.3 is 15.4 Å². The maximum Gasteiger partial charge on any atom is 0.188 e. The van der Waals surface area contributed by atoms with Crippen LogP contribution in [-0.4, -0.2) is 50.8 Å². The molecule has 0 unspecified atom stereocenters. The molecule has 1 aromatic rings. The number of hydrogen-bond acceptors (Lipinski definition) is 4. The Morgan fingerprint density at radius 2 is 1.83 bits per heavy atom. The van der Waals surface area contributed by atoms with Crippen LogP contribution in [0.5, 0.6) is 5.75 Å². The van der Waals surface area contributed by atoms with E-state index in [2.05, 4.69) is 9.80 Å². The summed E-state index contributed by atoms with van der Waals surface area (Å²) >= 11 is 0. The van der Waals surface area contributed by atoms with E-state index in [-0.39, 0.29) is 5.82 Å². The average molecular weight is 335 g/mol. The Kier molecular flexibility index (Phi) is 5.95. The van der Waals surface area contributed by atoms with Gasteiger partial charge in [-0.2, -0.15) is 0 Å². The van der Waals surface area contributed by atoms with Gasteiger partial charge in [-0.25, -0.2) is 4.39 Å². The standard InChI is InChI=1S/C19H30FN3O/c1-24-18-4-2-3-17(19(18)20)23-13-11-22(12-14-23)10-9-15-5-7-16(21)8-6-15/h2-4,15-16H,5-14,21H2,1H3. The molecule has 134 valence electrons. The van der Waals surface area contributed by atoms with E-state index in [0.29, 0.717) is 17.5 Å². The molecule has 1 aromatic carbocycles. The molecular formula is C19H30FN3O. The van der Waals surface area contributed by atoms with Gasteiger partial charge in [-0.1, -0.05) is 6.07 Å². The number of benzene rings is 1. The second-order valence-electron chi connectivity index (χ2n) is 7.19. The molecule has 2 aliphatic rings. The normalized spacial score (nSPS) is 25.7. The Morgan fingerprint density at radius 1 is 1.12 bits per heavy atom. The van der Waals surface area contributed by atoms with E-state index in [1.54, 1.807) is 6.07 Å². The minimum atomic E-state index is -0.244. The van der Waals surface area contributed by atoms with Gasteiger partial charge >= 0.3 is 0 Å². The molecule has 0 spiro atoms. The van der Waals surface area contributed by atoms with Gasteiger partial charge in [0.05, 0.1) is 12.8 Å². The Bertz CT molecular complexity index is 523. The average Bonchev–Trinajstić information content (AvgIpc) is 2.62. The van der Waals surface area contributed by atoms with Gasteiger partial charge in [-0.3, -0.25) is 4.90 Å². The van der Waals surface area contributed by atoms with Crippen molar-refractivity contribution in [3.63, 3.8) is 0 Å². The number of hydrogen-bond donors (Lipinski definition) is 1. The van der Waals surface area contributed by atoms with E-state index < -0.39 is 0 Å². The second kappa shape index (κ2) is 8.17. The van der Waals surface area contributed by atoms with Crippen molar-refractivity contribution < 1.29 is 9.13 Å². The van der Waals surface area contributed by atoms with Crippen LogP contribution in [0.15, 0.2) is 18.2 Å². The molecule has 1 heterocycles. The molecule has 1 saturated heterocycles. The molecule has 0 radical (unpaired) electrons. The lowest BCUT2D eigenvalue weighted by atomic mass is 9.84. The Labute approximate surface area is 144 Å². The fourth-order valence-electron chi connectivity index (χ4n) is 3.96. The first-order valence-corrected chi connectivity index (χ1v) is 9.22. The molecular weight excluding hydrogens is 305 g/mol. The summed E-state index contributed by atoms with van der Waals surface area (Å²) in [5, 5.41) is 0. The van der Waals surface area contributed by atoms with Gasteiger partial charge in [0, 0.05) is 32.2 Å². The fourth-order valence-corrected chi connectivity index (χ4v) is 3.96. The fraction of sp³-hybridized carbons (Fsp3) is 0.684. The van der Waals surface area contributed by atoms with Gasteiger partial charge in [0.2, 0.25) is 0 Å². The molecule has 0 atom stereocenters. The molecule has 2 N–H and O–H groups in total.